The van der Waals surface area contributed by atoms with E-state index in [0.29, 0.717) is 52.5 Å². The van der Waals surface area contributed by atoms with E-state index >= 15 is 0 Å². The molecule has 6 atom stereocenters. The fourth-order valence-electron chi connectivity index (χ4n) is 12.5. The van der Waals surface area contributed by atoms with E-state index in [0.717, 1.165) is 139 Å². The highest BCUT2D eigenvalue weighted by Crippen LogP contribution is 2.31. The van der Waals surface area contributed by atoms with Crippen LogP contribution in [0.25, 0.3) is 0 Å². The number of aliphatic hydroxyl groups is 12. The third-order valence-corrected chi connectivity index (χ3v) is 18.8. The Hall–Kier alpha value is -12.2. The van der Waals surface area contributed by atoms with Crippen LogP contribution in [0.5, 0.6) is 69.0 Å². The van der Waals surface area contributed by atoms with Gasteiger partial charge in [-0.05, 0) is 230 Å². The lowest BCUT2D eigenvalue weighted by molar-refractivity contribution is 0.121. The van der Waals surface area contributed by atoms with Gasteiger partial charge in [-0.3, -0.25) is 0 Å². The molecule has 0 amide bonds. The third-order valence-electron chi connectivity index (χ3n) is 18.8. The van der Waals surface area contributed by atoms with Gasteiger partial charge >= 0.3 is 0 Å². The lowest BCUT2D eigenvalue weighted by Crippen LogP contribution is -2.14. The highest BCUT2D eigenvalue weighted by atomic mass is 16.5. The molecule has 0 saturated heterocycles. The number of hydrogen-bond acceptors (Lipinski definition) is 24. The van der Waals surface area contributed by atoms with Crippen LogP contribution >= 0.6 is 0 Å². The van der Waals surface area contributed by atoms with Gasteiger partial charge in [-0.25, -0.2) is 0 Å². The molecular formula is C108H132O24. The van der Waals surface area contributed by atoms with E-state index in [9.17, 15) is 30.6 Å². The first-order valence-electron chi connectivity index (χ1n) is 44.4. The van der Waals surface area contributed by atoms with Crippen molar-refractivity contribution in [3.8, 4) is 69.0 Å². The van der Waals surface area contributed by atoms with Crippen LogP contribution in [0.3, 0.4) is 0 Å². The molecule has 24 heteroatoms. The third kappa shape index (κ3) is 43.7. The standard InChI is InChI=1S/3C19H24O4.3C17H20O4/c1-14(20)12-22-18-7-3-16(4-8-18)11-17-5-9-19(10-6-17)23-13-15(2)21;1-14(20)12-22-18-9-5-3-7-16(18)11-17-8-4-6-10-19(17)23-13-15(2)21;1-14(20)12-22-18-9-7-16(8-10-18)11-17-5-3-4-6-19(17)23-13-15(2)21;18-9-11-20-16-5-1-14(2-6-16)13-15-3-7-17(8-4-15)21-12-10-19;18-9-11-20-16-7-3-1-5-14(16)13-15-6-2-4-8-17(15)21-12-10-19;18-9-11-20-16-7-5-14(6-8-16)13-15-3-1-2-4-17(15)21-12-10-19/h3*3-10,14-15,20-21H,11-13H2,1-2H3;3*1-8,18-19H,9-13H2. The summed E-state index contributed by atoms with van der Waals surface area (Å²) in [7, 11) is 0. The first-order chi connectivity index (χ1) is 64.1. The Kier molecular flexibility index (Phi) is 50.9. The summed E-state index contributed by atoms with van der Waals surface area (Å²) >= 11 is 0. The van der Waals surface area contributed by atoms with E-state index in [4.69, 9.17) is 87.5 Å². The maximum Gasteiger partial charge on any atom is 0.122 e. The summed E-state index contributed by atoms with van der Waals surface area (Å²) in [5.41, 5.74) is 13.3. The summed E-state index contributed by atoms with van der Waals surface area (Å²) < 4.78 is 66.0. The second-order valence-electron chi connectivity index (χ2n) is 31.0. The molecule has 12 aromatic carbocycles. The van der Waals surface area contributed by atoms with Gasteiger partial charge in [0.15, 0.2) is 0 Å². The molecule has 12 N–H and O–H groups in total. The van der Waals surface area contributed by atoms with Crippen molar-refractivity contribution in [1.82, 2.24) is 0 Å². The van der Waals surface area contributed by atoms with E-state index in [1.54, 1.807) is 41.5 Å². The average Bonchev–Trinajstić information content (AvgIpc) is 0.840. The summed E-state index contributed by atoms with van der Waals surface area (Å²) in [5.74, 6) is 9.19. The van der Waals surface area contributed by atoms with Crippen LogP contribution in [0, 0.1) is 0 Å². The molecule has 0 aliphatic rings. The molecule has 0 aliphatic heterocycles. The molecule has 12 rings (SSSR count). The molecular weight excluding hydrogens is 1680 g/mol. The molecule has 0 radical (unpaired) electrons. The second-order valence-corrected chi connectivity index (χ2v) is 31.0. The topological polar surface area (TPSA) is 354 Å². The first-order valence-corrected chi connectivity index (χ1v) is 44.4. The molecule has 0 spiro atoms. The van der Waals surface area contributed by atoms with E-state index in [1.807, 2.05) is 291 Å². The monoisotopic (exact) mass is 1810 g/mol. The van der Waals surface area contributed by atoms with Crippen LogP contribution in [0.4, 0.5) is 0 Å². The first kappa shape index (κ1) is 107. The molecule has 0 aliphatic carbocycles. The van der Waals surface area contributed by atoms with Crippen molar-refractivity contribution in [3.05, 3.63) is 358 Å². The van der Waals surface area contributed by atoms with Crippen molar-refractivity contribution in [2.75, 3.05) is 119 Å². The number of ether oxygens (including phenoxy) is 12. The molecule has 708 valence electrons. The minimum absolute atomic E-state index is 0.00519. The van der Waals surface area contributed by atoms with Gasteiger partial charge in [0.05, 0.1) is 76.3 Å². The summed E-state index contributed by atoms with van der Waals surface area (Å²) in [6.07, 6.45) is 1.56. The Balaban J connectivity index is 0.000000217. The van der Waals surface area contributed by atoms with Gasteiger partial charge in [0.25, 0.3) is 0 Å². The van der Waals surface area contributed by atoms with Crippen molar-refractivity contribution >= 4 is 0 Å². The van der Waals surface area contributed by atoms with Gasteiger partial charge in [0, 0.05) is 25.7 Å². The lowest BCUT2D eigenvalue weighted by atomic mass is 10.0. The van der Waals surface area contributed by atoms with Crippen molar-refractivity contribution in [3.63, 3.8) is 0 Å². The summed E-state index contributed by atoms with van der Waals surface area (Å²) in [6.45, 7) is 13.7. The predicted octanol–water partition coefficient (Wildman–Crippen LogP) is 14.4. The summed E-state index contributed by atoms with van der Waals surface area (Å²) in [4.78, 5) is 0. The largest absolute Gasteiger partial charge is 0.491 e. The SMILES string of the molecule is CC(O)COc1ccc(Cc2ccc(OCC(C)O)cc2)cc1.CC(O)COc1ccc(Cc2ccccc2OCC(C)O)cc1.CC(O)COc1ccccc1Cc1ccccc1OCC(C)O.OCCOc1ccc(Cc2ccc(OCCO)cc2)cc1.OCCOc1ccc(Cc2ccccc2OCCO)cc1.OCCOc1ccccc1Cc1ccccc1OCCO. The molecule has 0 heterocycles. The zero-order chi connectivity index (χ0) is 94.7. The van der Waals surface area contributed by atoms with Crippen LogP contribution in [0.1, 0.15) is 108 Å². The molecule has 24 nitrogen and oxygen atoms in total. The van der Waals surface area contributed by atoms with Crippen molar-refractivity contribution in [2.24, 2.45) is 0 Å². The van der Waals surface area contributed by atoms with Crippen molar-refractivity contribution in [2.45, 2.75) is 117 Å². The van der Waals surface area contributed by atoms with Crippen LogP contribution in [0.15, 0.2) is 291 Å². The number of rotatable bonds is 48. The van der Waals surface area contributed by atoms with Crippen molar-refractivity contribution < 1.29 is 118 Å². The Morgan fingerprint density at radius 3 is 0.508 bits per heavy atom. The molecule has 12 aromatic rings. The van der Waals surface area contributed by atoms with Gasteiger partial charge in [-0.15, -0.1) is 0 Å². The van der Waals surface area contributed by atoms with Gasteiger partial charge in [-0.1, -0.05) is 182 Å². The number of aliphatic hydroxyl groups excluding tert-OH is 12. The van der Waals surface area contributed by atoms with Gasteiger partial charge in [-0.2, -0.15) is 0 Å². The minimum Gasteiger partial charge on any atom is -0.491 e. The van der Waals surface area contributed by atoms with Gasteiger partial charge in [0.2, 0.25) is 0 Å². The molecule has 0 aromatic heterocycles. The van der Waals surface area contributed by atoms with E-state index < -0.39 is 36.6 Å². The highest BCUT2D eigenvalue weighted by Gasteiger charge is 2.15. The van der Waals surface area contributed by atoms with Crippen LogP contribution in [0.2, 0.25) is 0 Å². The Bertz CT molecular complexity index is 4800. The predicted molar refractivity (Wildman–Crippen MR) is 513 cm³/mol. The fraction of sp³-hybridized carbons (Fsp3) is 0.333. The maximum atomic E-state index is 9.39. The van der Waals surface area contributed by atoms with Gasteiger partial charge < -0.3 is 118 Å². The van der Waals surface area contributed by atoms with Gasteiger partial charge in [0.1, 0.15) is 148 Å². The summed E-state index contributed by atoms with van der Waals surface area (Å²) in [5, 5.41) is 109. The molecule has 0 bridgehead atoms. The van der Waals surface area contributed by atoms with E-state index in [-0.39, 0.29) is 79.3 Å². The lowest BCUT2D eigenvalue weighted by Gasteiger charge is -2.15. The smallest absolute Gasteiger partial charge is 0.122 e. The average molecular weight is 1810 g/mol. The zero-order valence-corrected chi connectivity index (χ0v) is 76.4. The normalized spacial score (nSPS) is 12.0. The number of para-hydroxylation sites is 6. The molecule has 0 fully saturated rings. The summed E-state index contributed by atoms with van der Waals surface area (Å²) in [6, 6.07) is 93.7. The fourth-order valence-corrected chi connectivity index (χ4v) is 12.5. The molecule has 6 unspecified atom stereocenters. The molecule has 0 saturated carbocycles. The Labute approximate surface area is 776 Å². The minimum atomic E-state index is -0.510. The number of hydrogen-bond donors (Lipinski definition) is 12. The highest BCUT2D eigenvalue weighted by molar-refractivity contribution is 5.46. The maximum absolute atomic E-state index is 9.39. The molecule has 132 heavy (non-hydrogen) atoms. The van der Waals surface area contributed by atoms with Crippen molar-refractivity contribution in [1.29, 1.82) is 0 Å². The second kappa shape index (κ2) is 62.9. The van der Waals surface area contributed by atoms with E-state index in [2.05, 4.69) is 0 Å². The zero-order valence-electron chi connectivity index (χ0n) is 76.4. The van der Waals surface area contributed by atoms with E-state index in [1.165, 1.54) is 22.3 Å². The van der Waals surface area contributed by atoms with Crippen LogP contribution in [-0.2, 0) is 38.5 Å². The Morgan fingerprint density at radius 2 is 0.318 bits per heavy atom. The Morgan fingerprint density at radius 1 is 0.167 bits per heavy atom. The van der Waals surface area contributed by atoms with Crippen LogP contribution in [-0.4, -0.2) is 217 Å². The number of benzene rings is 12. The quantitative estimate of drug-likeness (QED) is 0.0168. The van der Waals surface area contributed by atoms with Crippen LogP contribution < -0.4 is 56.8 Å².